The van der Waals surface area contributed by atoms with Crippen LogP contribution in [0.4, 0.5) is 0 Å². The summed E-state index contributed by atoms with van der Waals surface area (Å²) in [4.78, 5) is 25.6. The molecule has 0 aliphatic carbocycles. The van der Waals surface area contributed by atoms with Gasteiger partial charge in [0.05, 0.1) is 0 Å². The summed E-state index contributed by atoms with van der Waals surface area (Å²) in [7, 11) is 0. The van der Waals surface area contributed by atoms with Crippen molar-refractivity contribution >= 4 is 11.8 Å². The highest BCUT2D eigenvalue weighted by Gasteiger charge is 2.10. The summed E-state index contributed by atoms with van der Waals surface area (Å²) in [6.07, 6.45) is 0. The minimum absolute atomic E-state index is 0.000148. The molecule has 0 aromatic heterocycles. The molecule has 0 radical (unpaired) electrons. The van der Waals surface area contributed by atoms with Crippen LogP contribution in [0.1, 0.15) is 34.0 Å². The van der Waals surface area contributed by atoms with Crippen LogP contribution in [-0.4, -0.2) is 29.8 Å². The molecule has 2 aromatic rings. The molecule has 0 fully saturated rings. The first kappa shape index (κ1) is 17.7. The lowest BCUT2D eigenvalue weighted by Crippen LogP contribution is -2.37. The second-order valence-electron chi connectivity index (χ2n) is 6.05. The van der Waals surface area contributed by atoms with Gasteiger partial charge in [0, 0.05) is 32.1 Å². The predicted octanol–water partition coefficient (Wildman–Crippen LogP) is 3.08. The largest absolute Gasteiger partial charge is 0.350 e. The van der Waals surface area contributed by atoms with E-state index in [1.54, 1.807) is 24.0 Å². The Morgan fingerprint density at radius 2 is 1.46 bits per heavy atom. The van der Waals surface area contributed by atoms with Crippen molar-refractivity contribution in [3.8, 4) is 0 Å². The summed E-state index contributed by atoms with van der Waals surface area (Å²) in [6, 6.07) is 15.5. The van der Waals surface area contributed by atoms with Crippen molar-refractivity contribution in [2.24, 2.45) is 0 Å². The van der Waals surface area contributed by atoms with E-state index in [0.29, 0.717) is 25.2 Å². The maximum atomic E-state index is 12.1. The highest BCUT2D eigenvalue weighted by atomic mass is 16.2. The number of nitrogens with zero attached hydrogens (tertiary/aromatic N) is 1. The Morgan fingerprint density at radius 1 is 0.917 bits per heavy atom. The highest BCUT2D eigenvalue weighted by molar-refractivity contribution is 5.94. The Hall–Kier alpha value is -2.62. The molecule has 2 aromatic carbocycles. The van der Waals surface area contributed by atoms with Gasteiger partial charge in [-0.3, -0.25) is 9.59 Å². The summed E-state index contributed by atoms with van der Waals surface area (Å²) < 4.78 is 0. The van der Waals surface area contributed by atoms with E-state index in [-0.39, 0.29) is 11.8 Å². The van der Waals surface area contributed by atoms with Crippen LogP contribution in [0, 0.1) is 13.8 Å². The number of amides is 2. The SMILES string of the molecule is CC(=O)N(CCNC(=O)c1ccc(C)cc1)Cc1ccc(C)cc1. The number of rotatable bonds is 6. The number of carbonyl (C=O) groups is 2. The fourth-order valence-electron chi connectivity index (χ4n) is 2.37. The molecule has 0 aliphatic rings. The van der Waals surface area contributed by atoms with Crippen LogP contribution in [0.2, 0.25) is 0 Å². The molecule has 0 bridgehead atoms. The van der Waals surface area contributed by atoms with Crippen molar-refractivity contribution in [2.75, 3.05) is 13.1 Å². The molecule has 0 spiro atoms. The van der Waals surface area contributed by atoms with Crippen molar-refractivity contribution in [2.45, 2.75) is 27.3 Å². The second-order valence-corrected chi connectivity index (χ2v) is 6.05. The molecule has 0 aliphatic heterocycles. The van der Waals surface area contributed by atoms with E-state index in [1.165, 1.54) is 5.56 Å². The van der Waals surface area contributed by atoms with E-state index in [9.17, 15) is 9.59 Å². The van der Waals surface area contributed by atoms with Gasteiger partial charge in [0.1, 0.15) is 0 Å². The topological polar surface area (TPSA) is 49.4 Å². The molecule has 126 valence electrons. The van der Waals surface area contributed by atoms with Crippen LogP contribution in [0.15, 0.2) is 48.5 Å². The van der Waals surface area contributed by atoms with E-state index in [4.69, 9.17) is 0 Å². The average molecular weight is 324 g/mol. The zero-order valence-corrected chi connectivity index (χ0v) is 14.5. The smallest absolute Gasteiger partial charge is 0.251 e. The molecule has 4 heteroatoms. The number of hydrogen-bond donors (Lipinski definition) is 1. The van der Waals surface area contributed by atoms with Gasteiger partial charge in [-0.2, -0.15) is 0 Å². The monoisotopic (exact) mass is 324 g/mol. The zero-order chi connectivity index (χ0) is 17.5. The van der Waals surface area contributed by atoms with Crippen LogP contribution in [0.5, 0.6) is 0 Å². The molecule has 4 nitrogen and oxygen atoms in total. The van der Waals surface area contributed by atoms with Crippen LogP contribution >= 0.6 is 0 Å². The van der Waals surface area contributed by atoms with E-state index in [1.807, 2.05) is 50.2 Å². The van der Waals surface area contributed by atoms with Gasteiger partial charge in [-0.1, -0.05) is 47.5 Å². The second kappa shape index (κ2) is 8.29. The minimum atomic E-state index is -0.117. The quantitative estimate of drug-likeness (QED) is 0.888. The molecule has 24 heavy (non-hydrogen) atoms. The van der Waals surface area contributed by atoms with Crippen molar-refractivity contribution in [3.63, 3.8) is 0 Å². The van der Waals surface area contributed by atoms with Gasteiger partial charge in [0.25, 0.3) is 5.91 Å². The lowest BCUT2D eigenvalue weighted by Gasteiger charge is -2.21. The minimum Gasteiger partial charge on any atom is -0.350 e. The van der Waals surface area contributed by atoms with Gasteiger partial charge in [0.15, 0.2) is 0 Å². The molecule has 1 N–H and O–H groups in total. The number of hydrogen-bond acceptors (Lipinski definition) is 2. The molecule has 0 heterocycles. The van der Waals surface area contributed by atoms with E-state index < -0.39 is 0 Å². The molecule has 0 saturated heterocycles. The third-order valence-corrected chi connectivity index (χ3v) is 3.92. The third-order valence-electron chi connectivity index (χ3n) is 3.92. The lowest BCUT2D eigenvalue weighted by molar-refractivity contribution is -0.129. The first-order valence-corrected chi connectivity index (χ1v) is 8.11. The number of benzene rings is 2. The van der Waals surface area contributed by atoms with E-state index in [0.717, 1.165) is 11.1 Å². The van der Waals surface area contributed by atoms with E-state index in [2.05, 4.69) is 5.32 Å². The van der Waals surface area contributed by atoms with Crippen LogP contribution in [0.25, 0.3) is 0 Å². The normalized spacial score (nSPS) is 10.3. The van der Waals surface area contributed by atoms with Gasteiger partial charge >= 0.3 is 0 Å². The Kier molecular flexibility index (Phi) is 6.13. The molecule has 2 amide bonds. The van der Waals surface area contributed by atoms with Crippen LogP contribution in [0.3, 0.4) is 0 Å². The molecule has 0 saturated carbocycles. The van der Waals surface area contributed by atoms with Gasteiger partial charge in [-0.25, -0.2) is 0 Å². The van der Waals surface area contributed by atoms with Crippen molar-refractivity contribution in [1.82, 2.24) is 10.2 Å². The maximum Gasteiger partial charge on any atom is 0.251 e. The number of carbonyl (C=O) groups excluding carboxylic acids is 2. The standard InChI is InChI=1S/C20H24N2O2/c1-15-4-8-18(9-5-15)14-22(17(3)23)13-12-21-20(24)19-10-6-16(2)7-11-19/h4-11H,12-14H2,1-3H3,(H,21,24). The summed E-state index contributed by atoms with van der Waals surface area (Å²) in [6.45, 7) is 7.04. The summed E-state index contributed by atoms with van der Waals surface area (Å²) in [5.74, 6) is -0.117. The van der Waals surface area contributed by atoms with Gasteiger partial charge < -0.3 is 10.2 Å². The Labute approximate surface area is 143 Å². The molecule has 2 rings (SSSR count). The maximum absolute atomic E-state index is 12.1. The lowest BCUT2D eigenvalue weighted by atomic mass is 10.1. The number of aryl methyl sites for hydroxylation is 2. The van der Waals surface area contributed by atoms with Gasteiger partial charge in [0.2, 0.25) is 5.91 Å². The number of nitrogens with one attached hydrogen (secondary N) is 1. The van der Waals surface area contributed by atoms with Gasteiger partial charge in [-0.05, 0) is 31.5 Å². The van der Waals surface area contributed by atoms with Gasteiger partial charge in [-0.15, -0.1) is 0 Å². The first-order valence-electron chi connectivity index (χ1n) is 8.11. The predicted molar refractivity (Wildman–Crippen MR) is 95.8 cm³/mol. The highest BCUT2D eigenvalue weighted by Crippen LogP contribution is 2.07. The molecular formula is C20H24N2O2. The molecule has 0 unspecified atom stereocenters. The Balaban J connectivity index is 1.87. The first-order chi connectivity index (χ1) is 11.5. The summed E-state index contributed by atoms with van der Waals surface area (Å²) in [5, 5.41) is 2.87. The van der Waals surface area contributed by atoms with Crippen LogP contribution < -0.4 is 5.32 Å². The summed E-state index contributed by atoms with van der Waals surface area (Å²) >= 11 is 0. The van der Waals surface area contributed by atoms with Crippen molar-refractivity contribution < 1.29 is 9.59 Å². The summed E-state index contributed by atoms with van der Waals surface area (Å²) in [5.41, 5.74) is 4.03. The van der Waals surface area contributed by atoms with E-state index >= 15 is 0 Å². The fraction of sp³-hybridized carbons (Fsp3) is 0.300. The zero-order valence-electron chi connectivity index (χ0n) is 14.5. The van der Waals surface area contributed by atoms with Crippen LogP contribution in [-0.2, 0) is 11.3 Å². The third kappa shape index (κ3) is 5.23. The average Bonchev–Trinajstić information content (AvgIpc) is 2.56. The molecular weight excluding hydrogens is 300 g/mol. The molecule has 0 atom stereocenters. The Morgan fingerprint density at radius 3 is 2.00 bits per heavy atom. The van der Waals surface area contributed by atoms with Crippen molar-refractivity contribution in [3.05, 3.63) is 70.8 Å². The fourth-order valence-corrected chi connectivity index (χ4v) is 2.37. The van der Waals surface area contributed by atoms with Crippen molar-refractivity contribution in [1.29, 1.82) is 0 Å². The Bertz CT molecular complexity index is 691.